The van der Waals surface area contributed by atoms with Crippen LogP contribution in [0.25, 0.3) is 0 Å². The predicted molar refractivity (Wildman–Crippen MR) is 125 cm³/mol. The highest BCUT2D eigenvalue weighted by Crippen LogP contribution is 2.63. The van der Waals surface area contributed by atoms with Gasteiger partial charge in [0.15, 0.2) is 5.78 Å². The molecule has 4 heteroatoms. The van der Waals surface area contributed by atoms with Crippen molar-refractivity contribution in [1.82, 2.24) is 0 Å². The van der Waals surface area contributed by atoms with Crippen molar-refractivity contribution in [3.8, 4) is 0 Å². The number of carbonyl (C=O) groups is 3. The Kier molecular flexibility index (Phi) is 6.05. The average Bonchev–Trinajstić information content (AvgIpc) is 3.17. The molecule has 0 bridgehead atoms. The number of ketones is 2. The largest absolute Gasteiger partial charge is 0.478 e. The van der Waals surface area contributed by atoms with Crippen molar-refractivity contribution in [2.24, 2.45) is 40.4 Å². The van der Waals surface area contributed by atoms with Crippen LogP contribution in [0.2, 0.25) is 0 Å². The quantitative estimate of drug-likeness (QED) is 0.520. The van der Waals surface area contributed by atoms with Crippen LogP contribution in [0.3, 0.4) is 0 Å². The zero-order chi connectivity index (χ0) is 23.4. The molecule has 0 aromatic carbocycles. The second-order valence-corrected chi connectivity index (χ2v) is 11.9. The maximum atomic E-state index is 13.5. The molecule has 0 heterocycles. The highest BCUT2D eigenvalue weighted by Gasteiger charge is 2.58. The van der Waals surface area contributed by atoms with Gasteiger partial charge in [-0.25, -0.2) is 4.79 Å². The first-order chi connectivity index (χ1) is 15.0. The van der Waals surface area contributed by atoms with Crippen molar-refractivity contribution in [1.29, 1.82) is 0 Å². The Morgan fingerprint density at radius 1 is 1.16 bits per heavy atom. The molecule has 1 N–H and O–H groups in total. The Morgan fingerprint density at radius 2 is 1.88 bits per heavy atom. The van der Waals surface area contributed by atoms with Crippen molar-refractivity contribution in [3.05, 3.63) is 22.8 Å². The molecule has 2 fully saturated rings. The topological polar surface area (TPSA) is 71.4 Å². The second-order valence-electron chi connectivity index (χ2n) is 11.9. The van der Waals surface area contributed by atoms with Crippen LogP contribution in [0.5, 0.6) is 0 Å². The molecule has 0 unspecified atom stereocenters. The van der Waals surface area contributed by atoms with E-state index in [9.17, 15) is 14.4 Å². The van der Waals surface area contributed by atoms with E-state index in [-0.39, 0.29) is 11.3 Å². The van der Waals surface area contributed by atoms with E-state index in [1.165, 1.54) is 17.6 Å². The summed E-state index contributed by atoms with van der Waals surface area (Å²) in [6.45, 7) is 10.5. The number of carbonyl (C=O) groups excluding carboxylic acids is 2. The molecular weight excluding hydrogens is 400 g/mol. The monoisotopic (exact) mass is 440 g/mol. The van der Waals surface area contributed by atoms with Gasteiger partial charge in [0.05, 0.1) is 0 Å². The summed E-state index contributed by atoms with van der Waals surface area (Å²) in [4.78, 5) is 37.2. The van der Waals surface area contributed by atoms with E-state index < -0.39 is 11.4 Å². The lowest BCUT2D eigenvalue weighted by Crippen LogP contribution is -2.53. The molecule has 4 rings (SSSR count). The van der Waals surface area contributed by atoms with Gasteiger partial charge in [-0.1, -0.05) is 39.3 Å². The van der Waals surface area contributed by atoms with Crippen molar-refractivity contribution in [3.63, 3.8) is 0 Å². The molecule has 32 heavy (non-hydrogen) atoms. The minimum Gasteiger partial charge on any atom is -0.478 e. The van der Waals surface area contributed by atoms with Gasteiger partial charge in [-0.05, 0) is 92.4 Å². The van der Waals surface area contributed by atoms with Gasteiger partial charge in [-0.15, -0.1) is 0 Å². The molecule has 6 atom stereocenters. The fraction of sp³-hybridized carbons (Fsp3) is 0.750. The first kappa shape index (κ1) is 23.4. The number of hydrogen-bond donors (Lipinski definition) is 1. The van der Waals surface area contributed by atoms with Gasteiger partial charge in [0.1, 0.15) is 5.78 Å². The minimum absolute atomic E-state index is 0.00548. The third kappa shape index (κ3) is 3.62. The zero-order valence-corrected chi connectivity index (χ0v) is 20.5. The second kappa shape index (κ2) is 8.25. The molecule has 4 aliphatic rings. The Bertz CT molecular complexity index is 891. The number of carboxylic acid groups (broad SMARTS) is 1. The number of hydrogen-bond acceptors (Lipinski definition) is 3. The molecule has 0 saturated heterocycles. The van der Waals surface area contributed by atoms with Crippen LogP contribution >= 0.6 is 0 Å². The van der Waals surface area contributed by atoms with Gasteiger partial charge in [-0.3, -0.25) is 9.59 Å². The van der Waals surface area contributed by atoms with E-state index in [0.717, 1.165) is 38.5 Å². The molecule has 0 aliphatic heterocycles. The van der Waals surface area contributed by atoms with Gasteiger partial charge in [0.25, 0.3) is 0 Å². The number of fused-ring (bicyclic) bond motifs is 4. The predicted octanol–water partition coefficient (Wildman–Crippen LogP) is 6.15. The van der Waals surface area contributed by atoms with Crippen LogP contribution in [-0.4, -0.2) is 22.6 Å². The van der Waals surface area contributed by atoms with Gasteiger partial charge >= 0.3 is 5.97 Å². The summed E-state index contributed by atoms with van der Waals surface area (Å²) in [5.74, 6) is 2.10. The summed E-state index contributed by atoms with van der Waals surface area (Å²) < 4.78 is 0. The summed E-state index contributed by atoms with van der Waals surface area (Å²) in [6, 6.07) is 0. The summed E-state index contributed by atoms with van der Waals surface area (Å²) in [7, 11) is 0. The van der Waals surface area contributed by atoms with Crippen molar-refractivity contribution in [2.45, 2.75) is 92.4 Å². The zero-order valence-electron chi connectivity index (χ0n) is 20.5. The molecule has 2 saturated carbocycles. The first-order valence-electron chi connectivity index (χ1n) is 12.7. The average molecular weight is 441 g/mol. The summed E-state index contributed by atoms with van der Waals surface area (Å²) >= 11 is 0. The van der Waals surface area contributed by atoms with Crippen molar-refractivity contribution in [2.75, 3.05) is 0 Å². The van der Waals surface area contributed by atoms with Crippen LogP contribution in [0, 0.1) is 40.4 Å². The maximum Gasteiger partial charge on any atom is 0.330 e. The lowest BCUT2D eigenvalue weighted by atomic mass is 9.47. The van der Waals surface area contributed by atoms with Gasteiger partial charge in [0, 0.05) is 23.8 Å². The standard InChI is InChI=1S/C28H40O4/c1-16(7-6-8-17(2)26(31)32)18-9-10-20-19(18)11-12-21-25(20)22(29)15-23-27(3,4)24(30)13-14-28(21,23)5/h8,16,18-20,23H,6-7,9-15H2,1-5H3,(H,31,32)/b17-8+/t16-,18-,19-,20-,23+,28-/m1/s1. The fourth-order valence-electron chi connectivity index (χ4n) is 8.08. The maximum absolute atomic E-state index is 13.5. The van der Waals surface area contributed by atoms with E-state index in [0.29, 0.717) is 53.7 Å². The number of Topliss-reactive ketones (excluding diaryl/α,β-unsaturated/α-hetero) is 2. The Morgan fingerprint density at radius 3 is 2.56 bits per heavy atom. The van der Waals surface area contributed by atoms with Crippen molar-refractivity contribution >= 4 is 17.5 Å². The minimum atomic E-state index is -0.833. The molecule has 4 aliphatic carbocycles. The lowest BCUT2D eigenvalue weighted by molar-refractivity contribution is -0.141. The van der Waals surface area contributed by atoms with E-state index in [1.54, 1.807) is 6.92 Å². The van der Waals surface area contributed by atoms with Crippen molar-refractivity contribution < 1.29 is 19.5 Å². The van der Waals surface area contributed by atoms with E-state index >= 15 is 0 Å². The van der Waals surface area contributed by atoms with Crippen LogP contribution in [0.4, 0.5) is 0 Å². The molecule has 0 aromatic heterocycles. The Labute approximate surface area is 192 Å². The summed E-state index contributed by atoms with van der Waals surface area (Å²) in [5, 5.41) is 9.07. The Balaban J connectivity index is 1.55. The summed E-state index contributed by atoms with van der Waals surface area (Å²) in [6.07, 6.45) is 10.2. The number of aliphatic carboxylic acids is 1. The van der Waals surface area contributed by atoms with Crippen LogP contribution in [0.15, 0.2) is 22.8 Å². The molecule has 176 valence electrons. The smallest absolute Gasteiger partial charge is 0.330 e. The lowest BCUT2D eigenvalue weighted by Gasteiger charge is -2.55. The SMILES string of the molecule is C/C(=C\CC[C@@H](C)[C@H]1CC[C@H]2C3=C(CC[C@H]12)[C@@]1(C)CCC(=O)C(C)(C)[C@@H]1CC3=O)C(=O)O. The highest BCUT2D eigenvalue weighted by atomic mass is 16.4. The molecule has 0 aromatic rings. The molecular formula is C28H40O4. The van der Waals surface area contributed by atoms with Crippen LogP contribution in [0.1, 0.15) is 92.4 Å². The van der Waals surface area contributed by atoms with Crippen LogP contribution in [-0.2, 0) is 14.4 Å². The number of rotatable bonds is 5. The molecule has 0 amide bonds. The molecule has 0 radical (unpaired) electrons. The summed E-state index contributed by atoms with van der Waals surface area (Å²) in [5.41, 5.74) is 2.59. The Hall–Kier alpha value is -1.71. The number of allylic oxidation sites excluding steroid dienone is 3. The van der Waals surface area contributed by atoms with Gasteiger partial charge in [0.2, 0.25) is 0 Å². The third-order valence-electron chi connectivity index (χ3n) is 10.1. The highest BCUT2D eigenvalue weighted by molar-refractivity contribution is 6.00. The number of carboxylic acids is 1. The fourth-order valence-corrected chi connectivity index (χ4v) is 8.08. The normalized spacial score (nSPS) is 37.6. The van der Waals surface area contributed by atoms with E-state index in [1.807, 2.05) is 6.08 Å². The molecule has 0 spiro atoms. The third-order valence-corrected chi connectivity index (χ3v) is 10.1. The van der Waals surface area contributed by atoms with Crippen LogP contribution < -0.4 is 0 Å². The first-order valence-corrected chi connectivity index (χ1v) is 12.7. The van der Waals surface area contributed by atoms with Gasteiger partial charge in [-0.2, -0.15) is 0 Å². The van der Waals surface area contributed by atoms with E-state index in [4.69, 9.17) is 5.11 Å². The molecule has 4 nitrogen and oxygen atoms in total. The van der Waals surface area contributed by atoms with E-state index in [2.05, 4.69) is 27.7 Å². The van der Waals surface area contributed by atoms with Gasteiger partial charge < -0.3 is 5.11 Å².